The van der Waals surface area contributed by atoms with Crippen molar-refractivity contribution in [2.45, 2.75) is 12.5 Å². The number of para-hydroxylation sites is 3. The second-order valence-electron chi connectivity index (χ2n) is 6.01. The van der Waals surface area contributed by atoms with E-state index in [1.807, 2.05) is 60.1 Å². The highest BCUT2D eigenvalue weighted by Gasteiger charge is 2.30. The summed E-state index contributed by atoms with van der Waals surface area (Å²) in [5.74, 6) is 0.897. The molecular formula is C19H18N4O3. The summed E-state index contributed by atoms with van der Waals surface area (Å²) in [6.07, 6.45) is -0.328. The van der Waals surface area contributed by atoms with E-state index in [0.717, 1.165) is 16.6 Å². The first-order valence-electron chi connectivity index (χ1n) is 8.26. The minimum absolute atomic E-state index is 0.281. The van der Waals surface area contributed by atoms with Gasteiger partial charge in [0.05, 0.1) is 23.9 Å². The van der Waals surface area contributed by atoms with E-state index in [-0.39, 0.29) is 5.91 Å². The summed E-state index contributed by atoms with van der Waals surface area (Å²) >= 11 is 0. The number of carbonyl (C=O) groups is 1. The van der Waals surface area contributed by atoms with E-state index < -0.39 is 6.10 Å². The molecule has 0 saturated heterocycles. The zero-order valence-electron chi connectivity index (χ0n) is 14.5. The number of anilines is 1. The molecule has 3 aromatic rings. The lowest BCUT2D eigenvalue weighted by Gasteiger charge is -2.09. The van der Waals surface area contributed by atoms with Gasteiger partial charge in [0.15, 0.2) is 0 Å². The molecule has 0 spiro atoms. The number of aromatic nitrogens is 2. The molecule has 1 unspecified atom stereocenters. The molecule has 132 valence electrons. The monoisotopic (exact) mass is 350 g/mol. The Morgan fingerprint density at radius 1 is 1.23 bits per heavy atom. The van der Waals surface area contributed by atoms with Crippen LogP contribution < -0.4 is 10.1 Å². The molecule has 26 heavy (non-hydrogen) atoms. The molecule has 0 aliphatic carbocycles. The van der Waals surface area contributed by atoms with Crippen LogP contribution in [-0.2, 0) is 16.7 Å². The Morgan fingerprint density at radius 2 is 2.00 bits per heavy atom. The number of aryl methyl sites for hydroxylation is 1. The van der Waals surface area contributed by atoms with Crippen molar-refractivity contribution in [3.8, 4) is 5.75 Å². The first-order valence-corrected chi connectivity index (χ1v) is 8.26. The molecule has 0 saturated carbocycles. The van der Waals surface area contributed by atoms with Gasteiger partial charge in [0.25, 0.3) is 5.91 Å². The molecule has 0 radical (unpaired) electrons. The molecule has 0 bridgehead atoms. The van der Waals surface area contributed by atoms with Gasteiger partial charge in [0.2, 0.25) is 12.1 Å². The number of methoxy groups -OCH3 is 1. The smallest absolute Gasteiger partial charge is 0.271 e. The van der Waals surface area contributed by atoms with E-state index in [1.54, 1.807) is 7.11 Å². The van der Waals surface area contributed by atoms with Crippen LogP contribution >= 0.6 is 0 Å². The number of oxime groups is 1. The van der Waals surface area contributed by atoms with E-state index in [0.29, 0.717) is 23.8 Å². The Morgan fingerprint density at radius 3 is 2.81 bits per heavy atom. The molecule has 2 heterocycles. The molecule has 1 aliphatic heterocycles. The highest BCUT2D eigenvalue weighted by Crippen LogP contribution is 2.25. The molecule has 1 atom stereocenters. The summed E-state index contributed by atoms with van der Waals surface area (Å²) in [5, 5.41) is 6.90. The van der Waals surface area contributed by atoms with Gasteiger partial charge in [-0.25, -0.2) is 4.98 Å². The number of amides is 1. The van der Waals surface area contributed by atoms with Crippen molar-refractivity contribution in [3.05, 3.63) is 54.1 Å². The van der Waals surface area contributed by atoms with Crippen molar-refractivity contribution in [2.75, 3.05) is 12.4 Å². The number of nitrogens with zero attached hydrogens (tertiary/aromatic N) is 3. The van der Waals surface area contributed by atoms with Crippen LogP contribution in [0.2, 0.25) is 0 Å². The van der Waals surface area contributed by atoms with Crippen LogP contribution in [0.3, 0.4) is 0 Å². The van der Waals surface area contributed by atoms with Gasteiger partial charge in [-0.2, -0.15) is 0 Å². The maximum absolute atomic E-state index is 12.6. The van der Waals surface area contributed by atoms with Crippen LogP contribution in [-0.4, -0.2) is 34.4 Å². The largest absolute Gasteiger partial charge is 0.496 e. The van der Waals surface area contributed by atoms with Crippen molar-refractivity contribution in [2.24, 2.45) is 12.2 Å². The van der Waals surface area contributed by atoms with Gasteiger partial charge < -0.3 is 14.1 Å². The molecule has 2 aromatic carbocycles. The molecule has 7 heteroatoms. The fourth-order valence-electron chi connectivity index (χ4n) is 3.01. The molecule has 1 aromatic heterocycles. The summed E-state index contributed by atoms with van der Waals surface area (Å²) in [5.41, 5.74) is 3.28. The molecular weight excluding hydrogens is 332 g/mol. The molecule has 7 nitrogen and oxygen atoms in total. The molecule has 1 N–H and O–H groups in total. The molecule has 1 amide bonds. The molecule has 4 rings (SSSR count). The Bertz CT molecular complexity index is 1010. The first-order chi connectivity index (χ1) is 12.7. The second kappa shape index (κ2) is 6.51. The maximum atomic E-state index is 12.6. The fraction of sp³-hybridized carbons (Fsp3) is 0.211. The number of fused-ring (bicyclic) bond motifs is 1. The lowest BCUT2D eigenvalue weighted by molar-refractivity contribution is -0.125. The van der Waals surface area contributed by atoms with Gasteiger partial charge >= 0.3 is 0 Å². The second-order valence-corrected chi connectivity index (χ2v) is 6.01. The highest BCUT2D eigenvalue weighted by atomic mass is 16.6. The summed E-state index contributed by atoms with van der Waals surface area (Å²) in [6, 6.07) is 15.2. The van der Waals surface area contributed by atoms with Gasteiger partial charge in [0, 0.05) is 19.0 Å². The number of ether oxygens (including phenoxy) is 1. The summed E-state index contributed by atoms with van der Waals surface area (Å²) in [6.45, 7) is 0. The van der Waals surface area contributed by atoms with E-state index in [4.69, 9.17) is 9.57 Å². The SMILES string of the molecule is COc1ccccc1C1=NOC(C(=O)Nc2nc3ccccc3n2C)C1. The van der Waals surface area contributed by atoms with Crippen molar-refractivity contribution in [1.29, 1.82) is 0 Å². The number of hydrogen-bond donors (Lipinski definition) is 1. The van der Waals surface area contributed by atoms with Gasteiger partial charge in [-0.3, -0.25) is 10.1 Å². The predicted molar refractivity (Wildman–Crippen MR) is 98.4 cm³/mol. The number of rotatable bonds is 4. The fourth-order valence-corrected chi connectivity index (χ4v) is 3.01. The number of benzene rings is 2. The first kappa shape index (κ1) is 16.1. The minimum atomic E-state index is -0.699. The normalized spacial score (nSPS) is 16.2. The number of nitrogens with one attached hydrogen (secondary N) is 1. The number of imidazole rings is 1. The predicted octanol–water partition coefficient (Wildman–Crippen LogP) is 2.71. The third-order valence-electron chi connectivity index (χ3n) is 4.40. The average Bonchev–Trinajstić information content (AvgIpc) is 3.28. The van der Waals surface area contributed by atoms with E-state index in [2.05, 4.69) is 15.5 Å². The Kier molecular flexibility index (Phi) is 4.04. The van der Waals surface area contributed by atoms with Gasteiger partial charge in [-0.1, -0.05) is 29.4 Å². The van der Waals surface area contributed by atoms with E-state index in [1.165, 1.54) is 0 Å². The van der Waals surface area contributed by atoms with Gasteiger partial charge in [-0.15, -0.1) is 0 Å². The lowest BCUT2D eigenvalue weighted by atomic mass is 10.0. The van der Waals surface area contributed by atoms with Crippen molar-refractivity contribution in [1.82, 2.24) is 9.55 Å². The standard InChI is InChI=1S/C19H18N4O3/c1-23-15-9-5-4-8-13(15)20-19(23)21-18(24)17-11-14(22-26-17)12-7-3-6-10-16(12)25-2/h3-10,17H,11H2,1-2H3,(H,20,21,24). The quantitative estimate of drug-likeness (QED) is 0.785. The third-order valence-corrected chi connectivity index (χ3v) is 4.40. The van der Waals surface area contributed by atoms with Gasteiger partial charge in [-0.05, 0) is 24.3 Å². The lowest BCUT2D eigenvalue weighted by Crippen LogP contribution is -2.29. The van der Waals surface area contributed by atoms with E-state index in [9.17, 15) is 4.79 Å². The van der Waals surface area contributed by atoms with Crippen molar-refractivity contribution in [3.63, 3.8) is 0 Å². The summed E-state index contributed by atoms with van der Waals surface area (Å²) < 4.78 is 7.19. The molecule has 1 aliphatic rings. The van der Waals surface area contributed by atoms with Gasteiger partial charge in [0.1, 0.15) is 5.75 Å². The van der Waals surface area contributed by atoms with Crippen LogP contribution in [0.4, 0.5) is 5.95 Å². The van der Waals surface area contributed by atoms with Crippen molar-refractivity contribution < 1.29 is 14.4 Å². The zero-order chi connectivity index (χ0) is 18.1. The summed E-state index contributed by atoms with van der Waals surface area (Å²) in [4.78, 5) is 22.4. The van der Waals surface area contributed by atoms with Crippen LogP contribution in [0.5, 0.6) is 5.75 Å². The average molecular weight is 350 g/mol. The highest BCUT2D eigenvalue weighted by molar-refractivity contribution is 6.07. The minimum Gasteiger partial charge on any atom is -0.496 e. The van der Waals surface area contributed by atoms with Crippen LogP contribution in [0.25, 0.3) is 11.0 Å². The summed E-state index contributed by atoms with van der Waals surface area (Å²) in [7, 11) is 3.46. The van der Waals surface area contributed by atoms with Crippen LogP contribution in [0.15, 0.2) is 53.7 Å². The number of carbonyl (C=O) groups excluding carboxylic acids is 1. The molecule has 0 fully saturated rings. The Balaban J connectivity index is 1.49. The van der Waals surface area contributed by atoms with E-state index >= 15 is 0 Å². The number of hydrogen-bond acceptors (Lipinski definition) is 5. The van der Waals surface area contributed by atoms with Crippen molar-refractivity contribution >= 4 is 28.6 Å². The zero-order valence-corrected chi connectivity index (χ0v) is 14.5. The Hall–Kier alpha value is -3.35. The Labute approximate surface area is 150 Å². The van der Waals surface area contributed by atoms with Crippen LogP contribution in [0, 0.1) is 0 Å². The third kappa shape index (κ3) is 2.77. The maximum Gasteiger partial charge on any atom is 0.271 e. The van der Waals surface area contributed by atoms with Crippen LogP contribution in [0.1, 0.15) is 12.0 Å². The topological polar surface area (TPSA) is 77.7 Å².